The highest BCUT2D eigenvalue weighted by Gasteiger charge is 2.25. The van der Waals surface area contributed by atoms with E-state index in [-0.39, 0.29) is 5.41 Å². The Labute approximate surface area is 261 Å². The monoisotopic (exact) mass is 583 g/mol. The molecule has 1 aliphatic carbocycles. The van der Waals surface area contributed by atoms with Gasteiger partial charge in [-0.3, -0.25) is 0 Å². The fraction of sp³-hybridized carbons (Fsp3) is 0.350. The number of hydrogen-bond acceptors (Lipinski definition) is 3. The first-order valence-electron chi connectivity index (χ1n) is 16.2. The Morgan fingerprint density at radius 1 is 0.750 bits per heavy atom. The predicted octanol–water partition coefficient (Wildman–Crippen LogP) is 6.94. The van der Waals surface area contributed by atoms with E-state index in [1.54, 1.807) is 0 Å². The van der Waals surface area contributed by atoms with Crippen molar-refractivity contribution in [3.05, 3.63) is 108 Å². The molecular formula is C40H45N3O. The molecule has 2 aromatic rings. The highest BCUT2D eigenvalue weighted by molar-refractivity contribution is 6.24. The molecular weight excluding hydrogens is 538 g/mol. The maximum atomic E-state index is 11.1. The first-order valence-corrected chi connectivity index (χ1v) is 16.2. The molecule has 0 spiro atoms. The Morgan fingerprint density at radius 3 is 2.09 bits per heavy atom. The molecule has 0 saturated carbocycles. The first kappa shape index (κ1) is 29.9. The Balaban J connectivity index is 1.73. The average Bonchev–Trinajstić information content (AvgIpc) is 3.68. The van der Waals surface area contributed by atoms with Gasteiger partial charge in [0.15, 0.2) is 0 Å². The zero-order chi connectivity index (χ0) is 31.5. The minimum absolute atomic E-state index is 0.343. The van der Waals surface area contributed by atoms with E-state index >= 15 is 0 Å². The molecule has 0 saturated heterocycles. The van der Waals surface area contributed by atoms with Crippen molar-refractivity contribution in [3.63, 3.8) is 0 Å². The van der Waals surface area contributed by atoms with Crippen molar-refractivity contribution in [2.75, 3.05) is 0 Å². The van der Waals surface area contributed by atoms with Crippen molar-refractivity contribution < 1.29 is 5.11 Å². The topological polar surface area (TPSA) is 60.7 Å². The van der Waals surface area contributed by atoms with Gasteiger partial charge in [0.05, 0.1) is 22.8 Å². The molecule has 6 rings (SSSR count). The van der Waals surface area contributed by atoms with Crippen molar-refractivity contribution >= 4 is 40.5 Å². The summed E-state index contributed by atoms with van der Waals surface area (Å²) in [7, 11) is 0. The summed E-state index contributed by atoms with van der Waals surface area (Å²) in [6, 6.07) is 6.37. The molecule has 4 heterocycles. The molecule has 1 aromatic heterocycles. The van der Waals surface area contributed by atoms with Crippen molar-refractivity contribution in [1.29, 1.82) is 0 Å². The van der Waals surface area contributed by atoms with E-state index in [2.05, 4.69) is 95.1 Å². The van der Waals surface area contributed by atoms with E-state index in [0.717, 1.165) is 81.1 Å². The number of H-pyrrole nitrogens is 1. The van der Waals surface area contributed by atoms with E-state index in [9.17, 15) is 5.11 Å². The van der Waals surface area contributed by atoms with Crippen molar-refractivity contribution in [1.82, 2.24) is 4.98 Å². The quantitative estimate of drug-likeness (QED) is 0.403. The van der Waals surface area contributed by atoms with Crippen LogP contribution in [0.4, 0.5) is 0 Å². The van der Waals surface area contributed by atoms with Crippen LogP contribution in [0.2, 0.25) is 0 Å². The zero-order valence-corrected chi connectivity index (χ0v) is 27.8. The van der Waals surface area contributed by atoms with Crippen LogP contribution in [0.15, 0.2) is 80.1 Å². The maximum Gasteiger partial charge on any atom is 0.105 e. The third-order valence-electron chi connectivity index (χ3n) is 9.56. The second-order valence-electron chi connectivity index (χ2n) is 13.3. The number of aromatic amines is 1. The molecule has 4 heteroatoms. The minimum atomic E-state index is -0.343. The predicted molar refractivity (Wildman–Crippen MR) is 187 cm³/mol. The number of nitrogens with one attached hydrogen (secondary N) is 1. The minimum Gasteiger partial charge on any atom is -0.511 e. The van der Waals surface area contributed by atoms with Gasteiger partial charge in [0.1, 0.15) is 5.76 Å². The lowest BCUT2D eigenvalue weighted by molar-refractivity contribution is 0.369. The molecule has 4 aliphatic rings. The molecule has 226 valence electrons. The zero-order valence-electron chi connectivity index (χ0n) is 27.8. The summed E-state index contributed by atoms with van der Waals surface area (Å²) in [6.45, 7) is 19.5. The number of aliphatic imine (C=N–C) groups is 2. The SMILES string of the molecule is CCC1=C(C)C2=NC1=CC1=CC(=c3cc/c(=C(\O)C(C)(C)C)cc31)C=c1[nH]c(c(C)c1CC)=CC1=NC(=C2)C(CC)=C1CC. The second kappa shape index (κ2) is 11.1. The lowest BCUT2D eigenvalue weighted by Crippen LogP contribution is -2.21. The number of nitrogens with zero attached hydrogens (tertiary/aromatic N) is 2. The van der Waals surface area contributed by atoms with Crippen LogP contribution in [0.1, 0.15) is 91.3 Å². The standard InChI is InChI=1S/C40H45N3O/c1-10-27-22(5)33-20-37-29(12-3)30(13-4)38(43-37)21-34-23(6)28(11-2)36(42-34)19-26-16-25(18-35(27)41-33)31-15-14-24(17-32(26)31)39(44)40(7,8)9/h14-21,41,44H,10-13H2,1-9H3/b33-20?,35-18?,36-19?,38-21?,39-24+. The van der Waals surface area contributed by atoms with Crippen LogP contribution < -0.4 is 21.1 Å². The van der Waals surface area contributed by atoms with Crippen LogP contribution >= 0.6 is 0 Å². The molecule has 0 fully saturated rings. The smallest absolute Gasteiger partial charge is 0.105 e. The van der Waals surface area contributed by atoms with Gasteiger partial charge in [-0.15, -0.1) is 0 Å². The van der Waals surface area contributed by atoms with E-state index in [4.69, 9.17) is 9.98 Å². The van der Waals surface area contributed by atoms with Crippen LogP contribution in [-0.4, -0.2) is 21.5 Å². The number of allylic oxidation sites excluding steroid dienone is 8. The molecule has 0 atom stereocenters. The normalized spacial score (nSPS) is 18.4. The summed E-state index contributed by atoms with van der Waals surface area (Å²) < 4.78 is 0. The molecule has 0 amide bonds. The lowest BCUT2D eigenvalue weighted by Gasteiger charge is -2.17. The summed E-state index contributed by atoms with van der Waals surface area (Å²) in [4.78, 5) is 14.2. The van der Waals surface area contributed by atoms with Gasteiger partial charge in [0, 0.05) is 21.3 Å². The van der Waals surface area contributed by atoms with E-state index < -0.39 is 0 Å². The van der Waals surface area contributed by atoms with Crippen molar-refractivity contribution in [2.24, 2.45) is 15.4 Å². The maximum absolute atomic E-state index is 11.1. The number of benzene rings is 1. The summed E-state index contributed by atoms with van der Waals surface area (Å²) in [6.07, 6.45) is 15.0. The van der Waals surface area contributed by atoms with E-state index in [0.29, 0.717) is 5.76 Å². The van der Waals surface area contributed by atoms with Gasteiger partial charge >= 0.3 is 0 Å². The first-order chi connectivity index (χ1) is 21.0. The number of aliphatic hydroxyl groups excluding tert-OH is 1. The number of fused-ring (bicyclic) bond motifs is 7. The lowest BCUT2D eigenvalue weighted by atomic mass is 9.91. The molecule has 1 aromatic carbocycles. The molecule has 4 nitrogen and oxygen atoms in total. The van der Waals surface area contributed by atoms with E-state index in [1.807, 2.05) is 20.8 Å². The third kappa shape index (κ3) is 4.85. The summed E-state index contributed by atoms with van der Waals surface area (Å²) in [5, 5.41) is 15.4. The number of hydrogen-bond donors (Lipinski definition) is 2. The van der Waals surface area contributed by atoms with Crippen LogP contribution in [0, 0.1) is 12.3 Å². The Kier molecular flexibility index (Phi) is 7.52. The fourth-order valence-corrected chi connectivity index (χ4v) is 7.08. The Hall–Kier alpha value is -4.18. The van der Waals surface area contributed by atoms with Gasteiger partial charge in [-0.05, 0) is 131 Å². The highest BCUT2D eigenvalue weighted by Crippen LogP contribution is 2.36. The van der Waals surface area contributed by atoms with Crippen molar-refractivity contribution in [2.45, 2.75) is 88.0 Å². The molecule has 3 aliphatic heterocycles. The van der Waals surface area contributed by atoms with Gasteiger partial charge in [0.25, 0.3) is 0 Å². The largest absolute Gasteiger partial charge is 0.511 e. The van der Waals surface area contributed by atoms with Gasteiger partial charge in [-0.2, -0.15) is 0 Å². The number of aromatic nitrogens is 1. The molecule has 44 heavy (non-hydrogen) atoms. The highest BCUT2D eigenvalue weighted by atomic mass is 16.3. The van der Waals surface area contributed by atoms with Gasteiger partial charge < -0.3 is 10.1 Å². The molecule has 8 bridgehead atoms. The summed E-state index contributed by atoms with van der Waals surface area (Å²) >= 11 is 0. The van der Waals surface area contributed by atoms with Gasteiger partial charge in [-0.1, -0.05) is 60.6 Å². The summed E-state index contributed by atoms with van der Waals surface area (Å²) in [5.74, 6) is 0.400. The van der Waals surface area contributed by atoms with Crippen LogP contribution in [-0.2, 0) is 6.42 Å². The molecule has 2 N–H and O–H groups in total. The van der Waals surface area contributed by atoms with Crippen LogP contribution in [0.3, 0.4) is 0 Å². The van der Waals surface area contributed by atoms with Gasteiger partial charge in [0.2, 0.25) is 0 Å². The second-order valence-corrected chi connectivity index (χ2v) is 13.3. The summed E-state index contributed by atoms with van der Waals surface area (Å²) in [5.41, 5.74) is 14.9. The Morgan fingerprint density at radius 2 is 1.43 bits per heavy atom. The van der Waals surface area contributed by atoms with Crippen molar-refractivity contribution in [3.8, 4) is 0 Å². The van der Waals surface area contributed by atoms with Gasteiger partial charge in [-0.25, -0.2) is 9.98 Å². The fourth-order valence-electron chi connectivity index (χ4n) is 7.08. The van der Waals surface area contributed by atoms with Crippen LogP contribution in [0.5, 0.6) is 0 Å². The number of aliphatic hydroxyl groups is 1. The third-order valence-corrected chi connectivity index (χ3v) is 9.56. The van der Waals surface area contributed by atoms with E-state index in [1.165, 1.54) is 38.6 Å². The Bertz CT molecular complexity index is 2090. The van der Waals surface area contributed by atoms with Crippen LogP contribution in [0.25, 0.3) is 29.1 Å². The number of rotatable bonds is 4. The molecule has 0 radical (unpaired) electrons. The average molecular weight is 584 g/mol. The molecule has 0 unspecified atom stereocenters.